The van der Waals surface area contributed by atoms with Gasteiger partial charge >= 0.3 is 0 Å². The van der Waals surface area contributed by atoms with Crippen molar-refractivity contribution in [1.29, 1.82) is 0 Å². The SMILES string of the molecule is C#CC(CCC)NC(=O)c1cc(F)c(F)c(F)c1. The van der Waals surface area contributed by atoms with Gasteiger partial charge in [0.1, 0.15) is 0 Å². The van der Waals surface area contributed by atoms with Gasteiger partial charge in [-0.25, -0.2) is 13.2 Å². The topological polar surface area (TPSA) is 29.1 Å². The van der Waals surface area contributed by atoms with E-state index >= 15 is 0 Å². The number of hydrogen-bond donors (Lipinski definition) is 1. The summed E-state index contributed by atoms with van der Waals surface area (Å²) in [5.41, 5.74) is -0.303. The Hall–Kier alpha value is -1.96. The molecule has 5 heteroatoms. The van der Waals surface area contributed by atoms with Crippen molar-refractivity contribution in [2.45, 2.75) is 25.8 Å². The van der Waals surface area contributed by atoms with Crippen molar-refractivity contribution in [3.8, 4) is 12.3 Å². The molecule has 18 heavy (non-hydrogen) atoms. The summed E-state index contributed by atoms with van der Waals surface area (Å²) in [6, 6.07) is 0.749. The second-order valence-electron chi connectivity index (χ2n) is 3.74. The van der Waals surface area contributed by atoms with Crippen LogP contribution in [-0.2, 0) is 0 Å². The van der Waals surface area contributed by atoms with Gasteiger partial charge in [-0.1, -0.05) is 19.3 Å². The highest BCUT2D eigenvalue weighted by Crippen LogP contribution is 2.13. The van der Waals surface area contributed by atoms with Crippen LogP contribution in [0.4, 0.5) is 13.2 Å². The summed E-state index contributed by atoms with van der Waals surface area (Å²) in [6.07, 6.45) is 6.50. The Balaban J connectivity index is 2.88. The highest BCUT2D eigenvalue weighted by molar-refractivity contribution is 5.94. The number of rotatable bonds is 4. The fourth-order valence-corrected chi connectivity index (χ4v) is 1.41. The van der Waals surface area contributed by atoms with Gasteiger partial charge in [0.25, 0.3) is 5.91 Å². The van der Waals surface area contributed by atoms with Crippen LogP contribution in [0.1, 0.15) is 30.1 Å². The lowest BCUT2D eigenvalue weighted by Crippen LogP contribution is -2.33. The predicted octanol–water partition coefficient (Wildman–Crippen LogP) is 2.64. The van der Waals surface area contributed by atoms with Crippen LogP contribution in [0.3, 0.4) is 0 Å². The fourth-order valence-electron chi connectivity index (χ4n) is 1.41. The molecule has 1 atom stereocenters. The molecule has 1 N–H and O–H groups in total. The quantitative estimate of drug-likeness (QED) is 0.650. The summed E-state index contributed by atoms with van der Waals surface area (Å²) in [5.74, 6) is -2.80. The van der Waals surface area contributed by atoms with Gasteiger partial charge in [0.15, 0.2) is 17.5 Å². The van der Waals surface area contributed by atoms with Crippen molar-refractivity contribution in [3.63, 3.8) is 0 Å². The van der Waals surface area contributed by atoms with Crippen LogP contribution >= 0.6 is 0 Å². The van der Waals surface area contributed by atoms with Crippen LogP contribution in [0.2, 0.25) is 0 Å². The van der Waals surface area contributed by atoms with Gasteiger partial charge in [0, 0.05) is 5.56 Å². The van der Waals surface area contributed by atoms with E-state index in [4.69, 9.17) is 6.42 Å². The summed E-state index contributed by atoms with van der Waals surface area (Å²) in [5, 5.41) is 2.43. The van der Waals surface area contributed by atoms with Crippen LogP contribution in [0, 0.1) is 29.8 Å². The molecule has 0 aromatic heterocycles. The number of carbonyl (C=O) groups excluding carboxylic acids is 1. The molecule has 2 nitrogen and oxygen atoms in total. The first kappa shape index (κ1) is 14.1. The first-order chi connectivity index (χ1) is 8.49. The molecule has 0 bridgehead atoms. The van der Waals surface area contributed by atoms with E-state index in [1.165, 1.54) is 0 Å². The van der Waals surface area contributed by atoms with Crippen molar-refractivity contribution in [2.24, 2.45) is 0 Å². The second kappa shape index (κ2) is 6.10. The van der Waals surface area contributed by atoms with Gasteiger partial charge in [-0.05, 0) is 18.6 Å². The molecular weight excluding hydrogens is 243 g/mol. The van der Waals surface area contributed by atoms with Gasteiger partial charge < -0.3 is 5.32 Å². The van der Waals surface area contributed by atoms with E-state index in [1.807, 2.05) is 6.92 Å². The number of amides is 1. The van der Waals surface area contributed by atoms with Gasteiger partial charge in [-0.2, -0.15) is 0 Å². The Labute approximate surface area is 103 Å². The molecule has 1 aromatic carbocycles. The predicted molar refractivity (Wildman–Crippen MR) is 61.3 cm³/mol. The van der Waals surface area contributed by atoms with Gasteiger partial charge in [0.2, 0.25) is 0 Å². The van der Waals surface area contributed by atoms with Crippen molar-refractivity contribution in [3.05, 3.63) is 35.1 Å². The Morgan fingerprint density at radius 1 is 1.39 bits per heavy atom. The average Bonchev–Trinajstić information content (AvgIpc) is 2.34. The molecule has 1 amide bonds. The van der Waals surface area contributed by atoms with Gasteiger partial charge in [-0.3, -0.25) is 4.79 Å². The maximum absolute atomic E-state index is 12.9. The highest BCUT2D eigenvalue weighted by atomic mass is 19.2. The van der Waals surface area contributed by atoms with E-state index in [9.17, 15) is 18.0 Å². The molecule has 0 aliphatic carbocycles. The number of nitrogens with one attached hydrogen (secondary N) is 1. The number of carbonyl (C=O) groups is 1. The number of hydrogen-bond acceptors (Lipinski definition) is 1. The van der Waals surface area contributed by atoms with E-state index in [2.05, 4.69) is 11.2 Å². The lowest BCUT2D eigenvalue weighted by atomic mass is 10.1. The first-order valence-electron chi connectivity index (χ1n) is 5.41. The maximum Gasteiger partial charge on any atom is 0.252 e. The van der Waals surface area contributed by atoms with Crippen LogP contribution in [-0.4, -0.2) is 11.9 Å². The van der Waals surface area contributed by atoms with E-state index < -0.39 is 29.4 Å². The minimum atomic E-state index is -1.60. The van der Waals surface area contributed by atoms with Crippen molar-refractivity contribution >= 4 is 5.91 Å². The third kappa shape index (κ3) is 3.27. The standard InChI is InChI=1S/C13H12F3NO/c1-3-5-9(4-2)17-13(18)8-6-10(14)12(16)11(15)7-8/h2,6-7,9H,3,5H2,1H3,(H,17,18). The Morgan fingerprint density at radius 3 is 2.39 bits per heavy atom. The molecule has 0 aliphatic rings. The lowest BCUT2D eigenvalue weighted by Gasteiger charge is -2.12. The third-order valence-corrected chi connectivity index (χ3v) is 2.33. The molecule has 1 rings (SSSR count). The zero-order valence-corrected chi connectivity index (χ0v) is 9.77. The summed E-state index contributed by atoms with van der Waals surface area (Å²) in [4.78, 5) is 11.6. The summed E-state index contributed by atoms with van der Waals surface area (Å²) >= 11 is 0. The van der Waals surface area contributed by atoms with Gasteiger partial charge in [0.05, 0.1) is 6.04 Å². The second-order valence-corrected chi connectivity index (χ2v) is 3.74. The molecule has 0 aliphatic heterocycles. The van der Waals surface area contributed by atoms with E-state index in [-0.39, 0.29) is 5.56 Å². The molecule has 96 valence electrons. The zero-order chi connectivity index (χ0) is 13.7. The van der Waals surface area contributed by atoms with E-state index in [0.29, 0.717) is 18.6 Å². The normalized spacial score (nSPS) is 11.7. The number of terminal acetylenes is 1. The molecule has 0 radical (unpaired) electrons. The van der Waals surface area contributed by atoms with Crippen molar-refractivity contribution in [1.82, 2.24) is 5.32 Å². The zero-order valence-electron chi connectivity index (χ0n) is 9.77. The minimum absolute atomic E-state index is 0.303. The maximum atomic E-state index is 12.9. The summed E-state index contributed by atoms with van der Waals surface area (Å²) < 4.78 is 38.6. The number of halogens is 3. The van der Waals surface area contributed by atoms with Gasteiger partial charge in [-0.15, -0.1) is 6.42 Å². The molecule has 0 spiro atoms. The smallest absolute Gasteiger partial charge is 0.252 e. The highest BCUT2D eigenvalue weighted by Gasteiger charge is 2.16. The Kier molecular flexibility index (Phi) is 4.78. The molecule has 0 saturated carbocycles. The molecule has 0 heterocycles. The lowest BCUT2D eigenvalue weighted by molar-refractivity contribution is 0.0943. The van der Waals surface area contributed by atoms with Crippen LogP contribution in [0.25, 0.3) is 0 Å². The molecule has 0 saturated heterocycles. The number of benzene rings is 1. The van der Waals surface area contributed by atoms with Crippen molar-refractivity contribution < 1.29 is 18.0 Å². The van der Waals surface area contributed by atoms with Crippen LogP contribution < -0.4 is 5.32 Å². The van der Waals surface area contributed by atoms with E-state index in [0.717, 1.165) is 6.42 Å². The first-order valence-corrected chi connectivity index (χ1v) is 5.41. The summed E-state index contributed by atoms with van der Waals surface area (Å²) in [7, 11) is 0. The average molecular weight is 255 g/mol. The van der Waals surface area contributed by atoms with E-state index in [1.54, 1.807) is 0 Å². The molecule has 1 unspecified atom stereocenters. The largest absolute Gasteiger partial charge is 0.338 e. The Morgan fingerprint density at radius 2 is 1.94 bits per heavy atom. The third-order valence-electron chi connectivity index (χ3n) is 2.33. The minimum Gasteiger partial charge on any atom is -0.338 e. The summed E-state index contributed by atoms with van der Waals surface area (Å²) in [6.45, 7) is 1.88. The van der Waals surface area contributed by atoms with Crippen molar-refractivity contribution in [2.75, 3.05) is 0 Å². The van der Waals surface area contributed by atoms with Crippen LogP contribution in [0.15, 0.2) is 12.1 Å². The molecule has 0 fully saturated rings. The molecular formula is C13H12F3NO. The monoisotopic (exact) mass is 255 g/mol. The molecule has 1 aromatic rings. The van der Waals surface area contributed by atoms with Crippen LogP contribution in [0.5, 0.6) is 0 Å². The Bertz CT molecular complexity index is 470. The fraction of sp³-hybridized carbons (Fsp3) is 0.308.